The molecule has 0 radical (unpaired) electrons. The van der Waals surface area contributed by atoms with Crippen LogP contribution >= 0.6 is 11.6 Å². The zero-order valence-electron chi connectivity index (χ0n) is 9.68. The normalized spacial score (nSPS) is 13.5. The molecule has 0 aromatic heterocycles. The van der Waals surface area contributed by atoms with E-state index in [1.54, 1.807) is 0 Å². The molecule has 1 atom stereocenters. The van der Waals surface area contributed by atoms with Gasteiger partial charge in [0.15, 0.2) is 0 Å². The number of hydrogen-bond donors (Lipinski definition) is 1. The molecule has 0 aliphatic rings. The molecule has 1 unspecified atom stereocenters. The highest BCUT2D eigenvalue weighted by atomic mass is 35.5. The highest BCUT2D eigenvalue weighted by molar-refractivity contribution is 6.17. The van der Waals surface area contributed by atoms with Gasteiger partial charge in [0.2, 0.25) is 0 Å². The summed E-state index contributed by atoms with van der Waals surface area (Å²) in [5.41, 5.74) is 0. The van der Waals surface area contributed by atoms with Gasteiger partial charge in [-0.3, -0.25) is 0 Å². The molecule has 0 heterocycles. The fourth-order valence-corrected chi connectivity index (χ4v) is 1.59. The minimum absolute atomic E-state index is 0.526. The number of ether oxygens (including phenoxy) is 1. The molecule has 0 fully saturated rings. The number of alkyl halides is 1. The molecule has 0 aliphatic heterocycles. The van der Waals surface area contributed by atoms with Crippen molar-refractivity contribution in [2.45, 2.75) is 39.7 Å². The van der Waals surface area contributed by atoms with E-state index in [0.29, 0.717) is 12.0 Å². The molecule has 0 aliphatic carbocycles. The molecule has 14 heavy (non-hydrogen) atoms. The fraction of sp³-hybridized carbons (Fsp3) is 1.00. The second kappa shape index (κ2) is 9.75. The molecular formula is C11H24ClNO. The average Bonchev–Trinajstić information content (AvgIpc) is 2.15. The van der Waals surface area contributed by atoms with Crippen LogP contribution in [-0.4, -0.2) is 31.7 Å². The van der Waals surface area contributed by atoms with Gasteiger partial charge in [-0.05, 0) is 18.8 Å². The molecule has 2 nitrogen and oxygen atoms in total. The third-order valence-corrected chi connectivity index (χ3v) is 2.44. The molecule has 0 aromatic rings. The van der Waals surface area contributed by atoms with Crippen molar-refractivity contribution in [2.75, 3.05) is 25.6 Å². The molecule has 0 aromatic carbocycles. The number of nitrogens with one attached hydrogen (secondary N) is 1. The summed E-state index contributed by atoms with van der Waals surface area (Å²) in [5, 5.41) is 3.47. The Morgan fingerprint density at radius 1 is 1.29 bits per heavy atom. The molecule has 0 saturated heterocycles. The van der Waals surface area contributed by atoms with Crippen molar-refractivity contribution in [3.05, 3.63) is 0 Å². The van der Waals surface area contributed by atoms with E-state index < -0.39 is 0 Å². The quantitative estimate of drug-likeness (QED) is 0.478. The maximum atomic E-state index is 5.73. The second-order valence-corrected chi connectivity index (χ2v) is 4.27. The van der Waals surface area contributed by atoms with Gasteiger partial charge in [-0.15, -0.1) is 11.6 Å². The first-order valence-electron chi connectivity index (χ1n) is 5.59. The number of hydrogen-bond acceptors (Lipinski definition) is 2. The van der Waals surface area contributed by atoms with Crippen LogP contribution < -0.4 is 5.32 Å². The summed E-state index contributed by atoms with van der Waals surface area (Å²) in [4.78, 5) is 0. The Bertz CT molecular complexity index is 120. The van der Waals surface area contributed by atoms with Gasteiger partial charge < -0.3 is 10.1 Å². The highest BCUT2D eigenvalue weighted by Crippen LogP contribution is 2.06. The standard InChI is InChI=1S/C11H24ClNO/c1-4-8-14-9-7-13-11(5-6-12)10(2)3/h10-11,13H,4-9H2,1-3H3. The topological polar surface area (TPSA) is 21.3 Å². The molecule has 0 spiro atoms. The van der Waals surface area contributed by atoms with Crippen LogP contribution in [0.1, 0.15) is 33.6 Å². The lowest BCUT2D eigenvalue weighted by molar-refractivity contribution is 0.132. The average molecular weight is 222 g/mol. The third-order valence-electron chi connectivity index (χ3n) is 2.23. The van der Waals surface area contributed by atoms with Crippen LogP contribution in [0.25, 0.3) is 0 Å². The van der Waals surface area contributed by atoms with Crippen molar-refractivity contribution in [1.82, 2.24) is 5.32 Å². The molecule has 1 N–H and O–H groups in total. The Morgan fingerprint density at radius 2 is 2.00 bits per heavy atom. The summed E-state index contributed by atoms with van der Waals surface area (Å²) in [6, 6.07) is 0.526. The predicted octanol–water partition coefficient (Wildman–Crippen LogP) is 2.66. The van der Waals surface area contributed by atoms with Crippen molar-refractivity contribution in [3.8, 4) is 0 Å². The summed E-state index contributed by atoms with van der Waals surface area (Å²) < 4.78 is 5.40. The molecule has 3 heteroatoms. The third kappa shape index (κ3) is 7.60. The lowest BCUT2D eigenvalue weighted by Gasteiger charge is -2.21. The molecule has 86 valence electrons. The van der Waals surface area contributed by atoms with E-state index >= 15 is 0 Å². The summed E-state index contributed by atoms with van der Waals surface area (Å²) in [5.74, 6) is 1.37. The molecule has 0 saturated carbocycles. The van der Waals surface area contributed by atoms with Crippen molar-refractivity contribution in [2.24, 2.45) is 5.92 Å². The monoisotopic (exact) mass is 221 g/mol. The van der Waals surface area contributed by atoms with E-state index in [9.17, 15) is 0 Å². The van der Waals surface area contributed by atoms with Gasteiger partial charge >= 0.3 is 0 Å². The zero-order valence-corrected chi connectivity index (χ0v) is 10.4. The Labute approximate surface area is 93.4 Å². The van der Waals surface area contributed by atoms with E-state index in [0.717, 1.165) is 38.5 Å². The van der Waals surface area contributed by atoms with Crippen LogP contribution in [0.15, 0.2) is 0 Å². The van der Waals surface area contributed by atoms with E-state index in [-0.39, 0.29) is 0 Å². The lowest BCUT2D eigenvalue weighted by atomic mass is 10.0. The fourth-order valence-electron chi connectivity index (χ4n) is 1.35. The SMILES string of the molecule is CCCOCCNC(CCCl)C(C)C. The van der Waals surface area contributed by atoms with E-state index in [1.165, 1.54) is 0 Å². The molecule has 0 rings (SSSR count). The summed E-state index contributed by atoms with van der Waals surface area (Å²) in [6.07, 6.45) is 2.13. The molecule has 0 amide bonds. The van der Waals surface area contributed by atoms with Crippen LogP contribution in [0.3, 0.4) is 0 Å². The van der Waals surface area contributed by atoms with Gasteiger partial charge in [-0.2, -0.15) is 0 Å². The predicted molar refractivity (Wildman–Crippen MR) is 63.1 cm³/mol. The minimum atomic E-state index is 0.526. The van der Waals surface area contributed by atoms with Crippen molar-refractivity contribution < 1.29 is 4.74 Å². The summed E-state index contributed by atoms with van der Waals surface area (Å²) in [7, 11) is 0. The largest absolute Gasteiger partial charge is 0.380 e. The van der Waals surface area contributed by atoms with Crippen molar-refractivity contribution >= 4 is 11.6 Å². The lowest BCUT2D eigenvalue weighted by Crippen LogP contribution is -2.36. The highest BCUT2D eigenvalue weighted by Gasteiger charge is 2.10. The first-order chi connectivity index (χ1) is 6.72. The summed E-state index contributed by atoms with van der Waals surface area (Å²) >= 11 is 5.73. The van der Waals surface area contributed by atoms with Crippen LogP contribution in [0.5, 0.6) is 0 Å². The van der Waals surface area contributed by atoms with Gasteiger partial charge in [0.25, 0.3) is 0 Å². The maximum Gasteiger partial charge on any atom is 0.0590 e. The minimum Gasteiger partial charge on any atom is -0.380 e. The molecular weight excluding hydrogens is 198 g/mol. The first-order valence-corrected chi connectivity index (χ1v) is 6.12. The van der Waals surface area contributed by atoms with Crippen LogP contribution in [0, 0.1) is 5.92 Å². The van der Waals surface area contributed by atoms with Gasteiger partial charge in [0.05, 0.1) is 6.61 Å². The molecule has 0 bridgehead atoms. The smallest absolute Gasteiger partial charge is 0.0590 e. The van der Waals surface area contributed by atoms with E-state index in [4.69, 9.17) is 16.3 Å². The van der Waals surface area contributed by atoms with E-state index in [2.05, 4.69) is 26.1 Å². The Morgan fingerprint density at radius 3 is 2.50 bits per heavy atom. The van der Waals surface area contributed by atoms with Crippen molar-refractivity contribution in [1.29, 1.82) is 0 Å². The summed E-state index contributed by atoms with van der Waals surface area (Å²) in [6.45, 7) is 9.16. The Balaban J connectivity index is 3.41. The van der Waals surface area contributed by atoms with Crippen LogP contribution in [0.4, 0.5) is 0 Å². The first kappa shape index (κ1) is 14.2. The van der Waals surface area contributed by atoms with Gasteiger partial charge in [0.1, 0.15) is 0 Å². The van der Waals surface area contributed by atoms with Gasteiger partial charge in [-0.1, -0.05) is 20.8 Å². The van der Waals surface area contributed by atoms with Gasteiger partial charge in [-0.25, -0.2) is 0 Å². The maximum absolute atomic E-state index is 5.73. The number of rotatable bonds is 9. The van der Waals surface area contributed by atoms with E-state index in [1.807, 2.05) is 0 Å². The van der Waals surface area contributed by atoms with Crippen LogP contribution in [0.2, 0.25) is 0 Å². The second-order valence-electron chi connectivity index (χ2n) is 3.89. The van der Waals surface area contributed by atoms with Crippen LogP contribution in [-0.2, 0) is 4.74 Å². The Kier molecular flexibility index (Phi) is 9.90. The van der Waals surface area contributed by atoms with Crippen molar-refractivity contribution in [3.63, 3.8) is 0 Å². The Hall–Kier alpha value is 0.210. The zero-order chi connectivity index (χ0) is 10.8. The number of halogens is 1. The van der Waals surface area contributed by atoms with Gasteiger partial charge in [0, 0.05) is 25.1 Å².